The average molecular weight is 379 g/mol. The van der Waals surface area contributed by atoms with Gasteiger partial charge in [0.05, 0.1) is 17.4 Å². The maximum atomic E-state index is 12.1. The summed E-state index contributed by atoms with van der Waals surface area (Å²) >= 11 is 0. The summed E-state index contributed by atoms with van der Waals surface area (Å²) in [6.07, 6.45) is 2.69. The number of aryl methyl sites for hydroxylation is 1. The number of fused-ring (bicyclic) bond motifs is 1. The van der Waals surface area contributed by atoms with Crippen LogP contribution in [0.4, 0.5) is 10.5 Å². The van der Waals surface area contributed by atoms with Crippen LogP contribution in [-0.2, 0) is 13.0 Å². The summed E-state index contributed by atoms with van der Waals surface area (Å²) in [4.78, 5) is 30.0. The number of hydrogen-bond acceptors (Lipinski definition) is 3. The highest BCUT2D eigenvalue weighted by atomic mass is 16.2. The molecule has 28 heavy (non-hydrogen) atoms. The van der Waals surface area contributed by atoms with Gasteiger partial charge in [-0.1, -0.05) is 19.1 Å². The predicted molar refractivity (Wildman–Crippen MR) is 111 cm³/mol. The largest absolute Gasteiger partial charge is 0.345 e. The highest BCUT2D eigenvalue weighted by Gasteiger charge is 2.11. The van der Waals surface area contributed by atoms with E-state index in [1.54, 1.807) is 32.6 Å². The molecule has 0 radical (unpaired) electrons. The third-order valence-electron chi connectivity index (χ3n) is 4.53. The van der Waals surface area contributed by atoms with Crippen LogP contribution in [0.15, 0.2) is 48.8 Å². The van der Waals surface area contributed by atoms with Crippen LogP contribution in [0.25, 0.3) is 11.0 Å². The van der Waals surface area contributed by atoms with E-state index < -0.39 is 0 Å². The van der Waals surface area contributed by atoms with Gasteiger partial charge in [-0.25, -0.2) is 9.78 Å². The molecule has 146 valence electrons. The molecule has 0 unspecified atom stereocenters. The number of amides is 3. The van der Waals surface area contributed by atoms with Gasteiger partial charge in [0.15, 0.2) is 0 Å². The molecule has 1 aromatic heterocycles. The zero-order valence-electron chi connectivity index (χ0n) is 16.4. The van der Waals surface area contributed by atoms with E-state index >= 15 is 0 Å². The molecule has 0 aliphatic heterocycles. The van der Waals surface area contributed by atoms with Crippen LogP contribution in [0, 0.1) is 0 Å². The third-order valence-corrected chi connectivity index (χ3v) is 4.53. The Bertz CT molecular complexity index is 976. The van der Waals surface area contributed by atoms with Crippen molar-refractivity contribution >= 4 is 28.7 Å². The fourth-order valence-corrected chi connectivity index (χ4v) is 2.92. The van der Waals surface area contributed by atoms with Crippen molar-refractivity contribution in [2.45, 2.75) is 19.9 Å². The summed E-state index contributed by atoms with van der Waals surface area (Å²) in [5, 5.41) is 5.67. The van der Waals surface area contributed by atoms with Gasteiger partial charge in [-0.05, 0) is 42.3 Å². The van der Waals surface area contributed by atoms with E-state index in [0.717, 1.165) is 23.1 Å². The minimum absolute atomic E-state index is 0.0539. The molecule has 0 fully saturated rings. The lowest BCUT2D eigenvalue weighted by atomic mass is 10.1. The van der Waals surface area contributed by atoms with Crippen molar-refractivity contribution in [2.75, 3.05) is 26.0 Å². The molecular formula is C21H25N5O2. The van der Waals surface area contributed by atoms with Crippen LogP contribution < -0.4 is 10.6 Å². The number of nitrogens with one attached hydrogen (secondary N) is 2. The highest BCUT2D eigenvalue weighted by Crippen LogP contribution is 2.16. The van der Waals surface area contributed by atoms with Gasteiger partial charge < -0.3 is 20.1 Å². The molecule has 3 aromatic rings. The zero-order chi connectivity index (χ0) is 20.1. The van der Waals surface area contributed by atoms with Gasteiger partial charge in [-0.2, -0.15) is 0 Å². The van der Waals surface area contributed by atoms with E-state index in [4.69, 9.17) is 0 Å². The molecule has 2 N–H and O–H groups in total. The van der Waals surface area contributed by atoms with E-state index in [0.29, 0.717) is 18.7 Å². The monoisotopic (exact) mass is 379 g/mol. The van der Waals surface area contributed by atoms with Crippen LogP contribution in [0.3, 0.4) is 0 Å². The molecule has 0 atom stereocenters. The number of imidazole rings is 1. The summed E-state index contributed by atoms with van der Waals surface area (Å²) in [5.74, 6) is -0.0539. The summed E-state index contributed by atoms with van der Waals surface area (Å²) in [7, 11) is 3.44. The Kier molecular flexibility index (Phi) is 5.93. The Labute approximate surface area is 164 Å². The van der Waals surface area contributed by atoms with E-state index in [9.17, 15) is 9.59 Å². The second-order valence-electron chi connectivity index (χ2n) is 6.77. The third kappa shape index (κ3) is 4.49. The van der Waals surface area contributed by atoms with E-state index in [1.807, 2.05) is 34.9 Å². The SMILES string of the molecule is CCc1ccc(NC(=O)NCCn2cnc3cc(C(=O)N(C)C)ccc32)cc1. The Morgan fingerprint density at radius 2 is 1.86 bits per heavy atom. The molecule has 0 saturated heterocycles. The van der Waals surface area contributed by atoms with E-state index in [1.165, 1.54) is 10.5 Å². The Morgan fingerprint density at radius 3 is 2.54 bits per heavy atom. The molecule has 0 spiro atoms. The predicted octanol–water partition coefficient (Wildman–Crippen LogP) is 3.12. The molecule has 1 heterocycles. The van der Waals surface area contributed by atoms with Crippen molar-refractivity contribution in [3.63, 3.8) is 0 Å². The summed E-state index contributed by atoms with van der Waals surface area (Å²) in [6.45, 7) is 3.14. The maximum Gasteiger partial charge on any atom is 0.319 e. The fraction of sp³-hybridized carbons (Fsp3) is 0.286. The number of hydrogen-bond donors (Lipinski definition) is 2. The quantitative estimate of drug-likeness (QED) is 0.691. The number of aromatic nitrogens is 2. The molecule has 3 rings (SSSR count). The van der Waals surface area contributed by atoms with Gasteiger partial charge in [0, 0.05) is 38.4 Å². The van der Waals surface area contributed by atoms with Gasteiger partial charge in [-0.3, -0.25) is 4.79 Å². The Balaban J connectivity index is 1.56. The molecule has 0 bridgehead atoms. The summed E-state index contributed by atoms with van der Waals surface area (Å²) in [6, 6.07) is 13.0. The smallest absolute Gasteiger partial charge is 0.319 e. The molecule has 2 aromatic carbocycles. The topological polar surface area (TPSA) is 79.3 Å². The highest BCUT2D eigenvalue weighted by molar-refractivity contribution is 5.97. The lowest BCUT2D eigenvalue weighted by Crippen LogP contribution is -2.31. The van der Waals surface area contributed by atoms with Gasteiger partial charge in [0.25, 0.3) is 5.91 Å². The second-order valence-corrected chi connectivity index (χ2v) is 6.77. The maximum absolute atomic E-state index is 12.1. The van der Waals surface area contributed by atoms with Gasteiger partial charge >= 0.3 is 6.03 Å². The van der Waals surface area contributed by atoms with Crippen LogP contribution in [-0.4, -0.2) is 47.0 Å². The number of carbonyl (C=O) groups excluding carboxylic acids is 2. The fourth-order valence-electron chi connectivity index (χ4n) is 2.92. The molecule has 0 aliphatic carbocycles. The Hall–Kier alpha value is -3.35. The summed E-state index contributed by atoms with van der Waals surface area (Å²) < 4.78 is 1.95. The average Bonchev–Trinajstić information content (AvgIpc) is 3.10. The zero-order valence-corrected chi connectivity index (χ0v) is 16.4. The number of carbonyl (C=O) groups is 2. The molecular weight excluding hydrogens is 354 g/mol. The van der Waals surface area contributed by atoms with E-state index in [2.05, 4.69) is 22.5 Å². The molecule has 7 nitrogen and oxygen atoms in total. The number of nitrogens with zero attached hydrogens (tertiary/aromatic N) is 3. The minimum atomic E-state index is -0.243. The normalized spacial score (nSPS) is 10.7. The minimum Gasteiger partial charge on any atom is -0.345 e. The van der Waals surface area contributed by atoms with Crippen LogP contribution >= 0.6 is 0 Å². The molecule has 0 aliphatic rings. The first-order valence-corrected chi connectivity index (χ1v) is 9.28. The second kappa shape index (κ2) is 8.56. The Morgan fingerprint density at radius 1 is 1.11 bits per heavy atom. The van der Waals surface area contributed by atoms with Crippen molar-refractivity contribution in [2.24, 2.45) is 0 Å². The first kappa shape index (κ1) is 19.4. The van der Waals surface area contributed by atoms with Gasteiger partial charge in [-0.15, -0.1) is 0 Å². The van der Waals surface area contributed by atoms with Gasteiger partial charge in [0.1, 0.15) is 0 Å². The first-order chi connectivity index (χ1) is 13.5. The number of rotatable bonds is 6. The van der Waals surface area contributed by atoms with Crippen molar-refractivity contribution < 1.29 is 9.59 Å². The first-order valence-electron chi connectivity index (χ1n) is 9.28. The van der Waals surface area contributed by atoms with Crippen molar-refractivity contribution in [3.05, 3.63) is 59.9 Å². The standard InChI is InChI=1S/C21H25N5O2/c1-4-15-5-8-17(9-6-15)24-21(28)22-11-12-26-14-23-18-13-16(7-10-19(18)26)20(27)25(2)3/h5-10,13-14H,4,11-12H2,1-3H3,(H2,22,24,28). The van der Waals surface area contributed by atoms with Crippen molar-refractivity contribution in [3.8, 4) is 0 Å². The lowest BCUT2D eigenvalue weighted by Gasteiger charge is -2.11. The van der Waals surface area contributed by atoms with Crippen LogP contribution in [0.1, 0.15) is 22.8 Å². The van der Waals surface area contributed by atoms with E-state index in [-0.39, 0.29) is 11.9 Å². The molecule has 3 amide bonds. The number of urea groups is 1. The lowest BCUT2D eigenvalue weighted by molar-refractivity contribution is 0.0827. The van der Waals surface area contributed by atoms with Crippen LogP contribution in [0.2, 0.25) is 0 Å². The number of benzene rings is 2. The van der Waals surface area contributed by atoms with Crippen molar-refractivity contribution in [1.82, 2.24) is 19.8 Å². The van der Waals surface area contributed by atoms with Crippen LogP contribution in [0.5, 0.6) is 0 Å². The van der Waals surface area contributed by atoms with Gasteiger partial charge in [0.2, 0.25) is 0 Å². The summed E-state index contributed by atoms with van der Waals surface area (Å²) in [5.41, 5.74) is 4.28. The molecule has 0 saturated carbocycles. The molecule has 7 heteroatoms. The number of anilines is 1. The van der Waals surface area contributed by atoms with Crippen molar-refractivity contribution in [1.29, 1.82) is 0 Å².